The van der Waals surface area contributed by atoms with Gasteiger partial charge in [0.05, 0.1) is 23.2 Å². The van der Waals surface area contributed by atoms with Gasteiger partial charge in [-0.3, -0.25) is 9.59 Å². The molecule has 32 heavy (non-hydrogen) atoms. The van der Waals surface area contributed by atoms with Crippen molar-refractivity contribution in [2.24, 2.45) is 0 Å². The fourth-order valence-corrected chi connectivity index (χ4v) is 4.24. The van der Waals surface area contributed by atoms with Crippen LogP contribution < -0.4 is 10.3 Å². The lowest BCUT2D eigenvalue weighted by atomic mass is 10.0. The SMILES string of the molecule is CCOC(=O)c1cn(C2CC2)c2c(COC(C)=O)c(N3CCN(C)CC3)c(F)cc2c1=O. The number of anilines is 1. The third-order valence-corrected chi connectivity index (χ3v) is 6.01. The maximum absolute atomic E-state index is 15.5. The van der Waals surface area contributed by atoms with Gasteiger partial charge in [0.2, 0.25) is 5.43 Å². The first-order valence-electron chi connectivity index (χ1n) is 11.0. The fourth-order valence-electron chi connectivity index (χ4n) is 4.24. The molecule has 0 amide bonds. The zero-order valence-corrected chi connectivity index (χ0v) is 18.6. The van der Waals surface area contributed by atoms with Crippen molar-refractivity contribution in [2.45, 2.75) is 39.3 Å². The molecule has 1 saturated carbocycles. The van der Waals surface area contributed by atoms with E-state index in [-0.39, 0.29) is 30.2 Å². The molecule has 0 bridgehead atoms. The number of hydrogen-bond donors (Lipinski definition) is 0. The monoisotopic (exact) mass is 445 g/mol. The number of likely N-dealkylation sites (N-methyl/N-ethyl adjacent to an activating group) is 1. The van der Waals surface area contributed by atoms with Crippen molar-refractivity contribution in [3.05, 3.63) is 39.4 Å². The van der Waals surface area contributed by atoms with Crippen LogP contribution in [0.1, 0.15) is 48.7 Å². The van der Waals surface area contributed by atoms with Gasteiger partial charge in [0.25, 0.3) is 0 Å². The Morgan fingerprint density at radius 2 is 1.84 bits per heavy atom. The van der Waals surface area contributed by atoms with Crippen LogP contribution in [0.25, 0.3) is 10.9 Å². The average Bonchev–Trinajstić information content (AvgIpc) is 3.58. The molecule has 2 aromatic rings. The molecule has 172 valence electrons. The maximum Gasteiger partial charge on any atom is 0.343 e. The maximum atomic E-state index is 15.5. The van der Waals surface area contributed by atoms with Crippen LogP contribution in [0.2, 0.25) is 0 Å². The van der Waals surface area contributed by atoms with Crippen LogP contribution in [-0.4, -0.2) is 61.2 Å². The molecule has 8 nitrogen and oxygen atoms in total. The molecule has 1 saturated heterocycles. The van der Waals surface area contributed by atoms with E-state index in [0.29, 0.717) is 29.9 Å². The Morgan fingerprint density at radius 1 is 1.16 bits per heavy atom. The second-order valence-electron chi connectivity index (χ2n) is 8.38. The Balaban J connectivity index is 1.97. The summed E-state index contributed by atoms with van der Waals surface area (Å²) in [5.41, 5.74) is 0.630. The average molecular weight is 445 g/mol. The highest BCUT2D eigenvalue weighted by Gasteiger charge is 2.31. The van der Waals surface area contributed by atoms with Crippen molar-refractivity contribution in [1.82, 2.24) is 9.47 Å². The summed E-state index contributed by atoms with van der Waals surface area (Å²) in [6.45, 7) is 5.69. The van der Waals surface area contributed by atoms with Crippen LogP contribution >= 0.6 is 0 Å². The molecule has 4 rings (SSSR count). The first-order valence-corrected chi connectivity index (χ1v) is 11.0. The summed E-state index contributed by atoms with van der Waals surface area (Å²) in [6.07, 6.45) is 3.28. The van der Waals surface area contributed by atoms with Crippen molar-refractivity contribution in [1.29, 1.82) is 0 Å². The molecule has 2 fully saturated rings. The van der Waals surface area contributed by atoms with Gasteiger partial charge in [-0.2, -0.15) is 0 Å². The molecule has 1 aliphatic carbocycles. The van der Waals surface area contributed by atoms with Crippen LogP contribution in [0.15, 0.2) is 17.1 Å². The number of halogens is 1. The molecule has 0 radical (unpaired) electrons. The second kappa shape index (κ2) is 8.90. The number of nitrogens with zero attached hydrogens (tertiary/aromatic N) is 3. The molecule has 0 spiro atoms. The normalized spacial score (nSPS) is 16.9. The van der Waals surface area contributed by atoms with Crippen molar-refractivity contribution >= 4 is 28.5 Å². The molecule has 1 aromatic heterocycles. The topological polar surface area (TPSA) is 81.1 Å². The molecular formula is C23H28FN3O5. The van der Waals surface area contributed by atoms with Crippen LogP contribution in [0, 0.1) is 5.82 Å². The number of fused-ring (bicyclic) bond motifs is 1. The van der Waals surface area contributed by atoms with Crippen molar-refractivity contribution in [2.75, 3.05) is 44.7 Å². The van der Waals surface area contributed by atoms with E-state index in [1.165, 1.54) is 19.2 Å². The lowest BCUT2D eigenvalue weighted by Gasteiger charge is -2.35. The highest BCUT2D eigenvalue weighted by atomic mass is 19.1. The zero-order valence-electron chi connectivity index (χ0n) is 18.6. The van der Waals surface area contributed by atoms with Crippen molar-refractivity contribution in [3.8, 4) is 0 Å². The molecule has 0 unspecified atom stereocenters. The van der Waals surface area contributed by atoms with Gasteiger partial charge >= 0.3 is 11.9 Å². The van der Waals surface area contributed by atoms with Gasteiger partial charge in [0, 0.05) is 50.9 Å². The van der Waals surface area contributed by atoms with Crippen LogP contribution in [-0.2, 0) is 20.9 Å². The Labute approximate surface area is 185 Å². The van der Waals surface area contributed by atoms with Crippen LogP contribution in [0.3, 0.4) is 0 Å². The van der Waals surface area contributed by atoms with E-state index in [0.717, 1.165) is 25.9 Å². The molecule has 9 heteroatoms. The number of carbonyl (C=O) groups excluding carboxylic acids is 2. The summed E-state index contributed by atoms with van der Waals surface area (Å²) < 4.78 is 27.8. The van der Waals surface area contributed by atoms with E-state index >= 15 is 4.39 Å². The Hall–Kier alpha value is -2.94. The number of hydrogen-bond acceptors (Lipinski definition) is 7. The third-order valence-electron chi connectivity index (χ3n) is 6.01. The summed E-state index contributed by atoms with van der Waals surface area (Å²) in [4.78, 5) is 41.3. The molecule has 2 heterocycles. The second-order valence-corrected chi connectivity index (χ2v) is 8.38. The summed E-state index contributed by atoms with van der Waals surface area (Å²) in [5.74, 6) is -1.78. The van der Waals surface area contributed by atoms with Crippen LogP contribution in [0.4, 0.5) is 10.1 Å². The summed E-state index contributed by atoms with van der Waals surface area (Å²) in [6, 6.07) is 1.30. The third kappa shape index (κ3) is 4.21. The standard InChI is InChI=1S/C23H28FN3O5/c1-4-31-23(30)17-12-27(15-5-6-15)20-16(22(17)29)11-19(24)21(18(20)13-32-14(2)28)26-9-7-25(3)8-10-26/h11-12,15H,4-10,13H2,1-3H3. The van der Waals surface area contributed by atoms with E-state index < -0.39 is 23.2 Å². The summed E-state index contributed by atoms with van der Waals surface area (Å²) in [7, 11) is 2.01. The minimum absolute atomic E-state index is 0.0909. The van der Waals surface area contributed by atoms with Gasteiger partial charge < -0.3 is 23.8 Å². The smallest absolute Gasteiger partial charge is 0.343 e. The van der Waals surface area contributed by atoms with Gasteiger partial charge in [-0.1, -0.05) is 0 Å². The predicted molar refractivity (Wildman–Crippen MR) is 118 cm³/mol. The van der Waals surface area contributed by atoms with E-state index in [2.05, 4.69) is 4.90 Å². The van der Waals surface area contributed by atoms with Gasteiger partial charge in [0.1, 0.15) is 18.0 Å². The number of esters is 2. The number of carbonyl (C=O) groups is 2. The molecule has 0 atom stereocenters. The quantitative estimate of drug-likeness (QED) is 0.632. The Bertz CT molecular complexity index is 1120. The van der Waals surface area contributed by atoms with E-state index in [9.17, 15) is 14.4 Å². The lowest BCUT2D eigenvalue weighted by Crippen LogP contribution is -2.45. The number of benzene rings is 1. The Kier molecular flexibility index (Phi) is 6.19. The first-order chi connectivity index (χ1) is 15.3. The highest BCUT2D eigenvalue weighted by molar-refractivity contribution is 5.96. The predicted octanol–water partition coefficient (Wildman–Crippen LogP) is 2.47. The molecule has 2 aliphatic rings. The lowest BCUT2D eigenvalue weighted by molar-refractivity contribution is -0.142. The molecule has 0 N–H and O–H groups in total. The number of ether oxygens (including phenoxy) is 2. The minimum atomic E-state index is -0.723. The van der Waals surface area contributed by atoms with E-state index in [1.807, 2.05) is 16.5 Å². The Morgan fingerprint density at radius 3 is 2.44 bits per heavy atom. The molecular weight excluding hydrogens is 417 g/mol. The molecule has 1 aromatic carbocycles. The summed E-state index contributed by atoms with van der Waals surface area (Å²) in [5, 5.41) is 0.0972. The number of rotatable bonds is 6. The van der Waals surface area contributed by atoms with Gasteiger partial charge in [-0.15, -0.1) is 0 Å². The molecule has 1 aliphatic heterocycles. The van der Waals surface area contributed by atoms with Crippen molar-refractivity contribution < 1.29 is 23.5 Å². The van der Waals surface area contributed by atoms with Gasteiger partial charge in [-0.05, 0) is 32.9 Å². The minimum Gasteiger partial charge on any atom is -0.462 e. The zero-order chi connectivity index (χ0) is 23.0. The largest absolute Gasteiger partial charge is 0.462 e. The van der Waals surface area contributed by atoms with Gasteiger partial charge in [0.15, 0.2) is 0 Å². The van der Waals surface area contributed by atoms with E-state index in [4.69, 9.17) is 9.47 Å². The highest BCUT2D eigenvalue weighted by Crippen LogP contribution is 2.40. The first kappa shape index (κ1) is 22.3. The van der Waals surface area contributed by atoms with Crippen LogP contribution in [0.5, 0.6) is 0 Å². The number of pyridine rings is 1. The number of aromatic nitrogens is 1. The van der Waals surface area contributed by atoms with Crippen molar-refractivity contribution in [3.63, 3.8) is 0 Å². The van der Waals surface area contributed by atoms with Gasteiger partial charge in [-0.25, -0.2) is 9.18 Å². The van der Waals surface area contributed by atoms with E-state index in [1.54, 1.807) is 6.92 Å². The fraction of sp³-hybridized carbons (Fsp3) is 0.522. The number of piperazine rings is 1. The summed E-state index contributed by atoms with van der Waals surface area (Å²) >= 11 is 0.